The maximum atomic E-state index is 13.1. The topological polar surface area (TPSA) is 237 Å². The fraction of sp³-hybridized carbons (Fsp3) is 0.951. The van der Waals surface area contributed by atoms with Gasteiger partial charge in [-0.05, 0) is 43.4 Å². The second-order valence-electron chi connectivity index (χ2n) is 30.6. The molecule has 0 aliphatic rings. The molecule has 0 heterocycles. The minimum Gasteiger partial charge on any atom is -0.462 e. The van der Waals surface area contributed by atoms with E-state index in [4.69, 9.17) is 37.0 Å². The highest BCUT2D eigenvalue weighted by Crippen LogP contribution is 2.45. The third kappa shape index (κ3) is 74.3. The Morgan fingerprint density at radius 3 is 0.680 bits per heavy atom. The van der Waals surface area contributed by atoms with Crippen LogP contribution in [-0.4, -0.2) is 96.7 Å². The van der Waals surface area contributed by atoms with Gasteiger partial charge in [-0.2, -0.15) is 0 Å². The number of phosphoric ester groups is 2. The molecule has 0 spiro atoms. The molecule has 5 atom stereocenters. The van der Waals surface area contributed by atoms with Crippen LogP contribution in [0.3, 0.4) is 0 Å². The average Bonchev–Trinajstić information content (AvgIpc) is 0.920. The number of hydrogen-bond acceptors (Lipinski definition) is 15. The van der Waals surface area contributed by atoms with Gasteiger partial charge in [0.1, 0.15) is 19.3 Å². The van der Waals surface area contributed by atoms with Crippen molar-refractivity contribution >= 4 is 39.5 Å². The smallest absolute Gasteiger partial charge is 0.462 e. The van der Waals surface area contributed by atoms with Crippen LogP contribution in [0.5, 0.6) is 0 Å². The van der Waals surface area contributed by atoms with Gasteiger partial charge in [-0.1, -0.05) is 370 Å². The third-order valence-corrected chi connectivity index (χ3v) is 20.8. The van der Waals surface area contributed by atoms with Crippen LogP contribution < -0.4 is 0 Å². The summed E-state index contributed by atoms with van der Waals surface area (Å²) in [6.07, 6.45) is 59.7. The summed E-state index contributed by atoms with van der Waals surface area (Å²) in [4.78, 5) is 73.0. The number of ether oxygens (including phenoxy) is 4. The Bertz CT molecular complexity index is 1940. The summed E-state index contributed by atoms with van der Waals surface area (Å²) in [7, 11) is -9.92. The van der Waals surface area contributed by atoms with Crippen LogP contribution in [0, 0.1) is 17.8 Å². The van der Waals surface area contributed by atoms with E-state index in [1.165, 1.54) is 231 Å². The molecule has 17 nitrogen and oxygen atoms in total. The van der Waals surface area contributed by atoms with Crippen molar-refractivity contribution in [3.05, 3.63) is 0 Å². The highest BCUT2D eigenvalue weighted by molar-refractivity contribution is 7.47. The van der Waals surface area contributed by atoms with Crippen molar-refractivity contribution in [1.29, 1.82) is 0 Å². The second-order valence-corrected chi connectivity index (χ2v) is 33.5. The van der Waals surface area contributed by atoms with Crippen LogP contribution in [0.1, 0.15) is 421 Å². The molecule has 0 aromatic carbocycles. The van der Waals surface area contributed by atoms with Gasteiger partial charge in [-0.15, -0.1) is 0 Å². The summed E-state index contributed by atoms with van der Waals surface area (Å²) in [6.45, 7) is 11.9. The number of esters is 4. The molecule has 0 aromatic heterocycles. The highest BCUT2D eigenvalue weighted by atomic mass is 31.2. The van der Waals surface area contributed by atoms with Gasteiger partial charge in [0.15, 0.2) is 12.2 Å². The zero-order chi connectivity index (χ0) is 73.7. The van der Waals surface area contributed by atoms with E-state index in [-0.39, 0.29) is 25.7 Å². The van der Waals surface area contributed by atoms with Gasteiger partial charge in [0.25, 0.3) is 0 Å². The number of aliphatic hydroxyl groups excluding tert-OH is 1. The number of carbonyl (C=O) groups is 4. The number of unbranched alkanes of at least 4 members (excludes halogenated alkanes) is 47. The SMILES string of the molecule is CCCCCCCCCCCCCCCCCC(=O)OC[C@H](COP(=O)(O)OC[C@@H](O)COP(=O)(O)OC[C@@H](COC(=O)CCCCCCCCCCCC(C)C)OC(=O)CCCCCCCCCCCC(C)C)OC(=O)CCCCCCCCCCCCCCCCCCCCC(C)C. The van der Waals surface area contributed by atoms with Gasteiger partial charge in [0, 0.05) is 25.7 Å². The maximum Gasteiger partial charge on any atom is 0.472 e. The Balaban J connectivity index is 5.23. The number of rotatable bonds is 79. The zero-order valence-electron chi connectivity index (χ0n) is 65.7. The fourth-order valence-electron chi connectivity index (χ4n) is 12.5. The molecule has 0 saturated heterocycles. The maximum absolute atomic E-state index is 13.1. The van der Waals surface area contributed by atoms with Crippen molar-refractivity contribution < 1.29 is 80.2 Å². The number of phosphoric acid groups is 2. The Morgan fingerprint density at radius 1 is 0.270 bits per heavy atom. The minimum absolute atomic E-state index is 0.105. The number of hydrogen-bond donors (Lipinski definition) is 3. The Morgan fingerprint density at radius 2 is 0.460 bits per heavy atom. The van der Waals surface area contributed by atoms with Gasteiger partial charge < -0.3 is 33.8 Å². The summed E-state index contributed by atoms with van der Waals surface area (Å²) < 4.78 is 68.7. The predicted octanol–water partition coefficient (Wildman–Crippen LogP) is 24.1. The first-order chi connectivity index (χ1) is 48.2. The predicted molar refractivity (Wildman–Crippen MR) is 409 cm³/mol. The molecule has 3 N–H and O–H groups in total. The van der Waals surface area contributed by atoms with E-state index in [9.17, 15) is 43.2 Å². The first-order valence-electron chi connectivity index (χ1n) is 41.8. The van der Waals surface area contributed by atoms with E-state index in [1.807, 2.05) is 0 Å². The van der Waals surface area contributed by atoms with Crippen LogP contribution in [0.4, 0.5) is 0 Å². The van der Waals surface area contributed by atoms with E-state index in [1.54, 1.807) is 0 Å². The molecule has 0 radical (unpaired) electrons. The van der Waals surface area contributed by atoms with Crippen molar-refractivity contribution in [3.63, 3.8) is 0 Å². The molecular formula is C81H158O17P2. The average molecular weight is 1470 g/mol. The third-order valence-electron chi connectivity index (χ3n) is 18.9. The van der Waals surface area contributed by atoms with E-state index in [0.717, 1.165) is 108 Å². The molecular weight excluding hydrogens is 1310 g/mol. The quantitative estimate of drug-likeness (QED) is 0.0222. The normalized spacial score (nSPS) is 14.0. The second kappa shape index (κ2) is 71.3. The summed E-state index contributed by atoms with van der Waals surface area (Å²) in [5.41, 5.74) is 0. The lowest BCUT2D eigenvalue weighted by Crippen LogP contribution is -2.30. The number of carbonyl (C=O) groups excluding carboxylic acids is 4. The van der Waals surface area contributed by atoms with Gasteiger partial charge >= 0.3 is 39.5 Å². The summed E-state index contributed by atoms with van der Waals surface area (Å²) >= 11 is 0. The molecule has 0 saturated carbocycles. The zero-order valence-corrected chi connectivity index (χ0v) is 67.5. The van der Waals surface area contributed by atoms with Gasteiger partial charge in [-0.25, -0.2) is 9.13 Å². The molecule has 0 rings (SSSR count). The van der Waals surface area contributed by atoms with E-state index < -0.39 is 97.5 Å². The first kappa shape index (κ1) is 98.1. The molecule has 19 heteroatoms. The van der Waals surface area contributed by atoms with E-state index in [2.05, 4.69) is 48.5 Å². The molecule has 0 aromatic rings. The Labute approximate surface area is 613 Å². The molecule has 0 aliphatic heterocycles. The van der Waals surface area contributed by atoms with Crippen LogP contribution in [0.2, 0.25) is 0 Å². The molecule has 100 heavy (non-hydrogen) atoms. The van der Waals surface area contributed by atoms with E-state index in [0.29, 0.717) is 25.7 Å². The van der Waals surface area contributed by atoms with Crippen LogP contribution in [0.25, 0.3) is 0 Å². The van der Waals surface area contributed by atoms with Crippen LogP contribution in [0.15, 0.2) is 0 Å². The molecule has 0 bridgehead atoms. The molecule has 2 unspecified atom stereocenters. The minimum atomic E-state index is -4.96. The lowest BCUT2D eigenvalue weighted by atomic mass is 10.0. The fourth-order valence-corrected chi connectivity index (χ4v) is 14.1. The van der Waals surface area contributed by atoms with Crippen molar-refractivity contribution in [1.82, 2.24) is 0 Å². The van der Waals surface area contributed by atoms with Crippen molar-refractivity contribution in [2.75, 3.05) is 39.6 Å². The summed E-state index contributed by atoms with van der Waals surface area (Å²) in [5, 5.41) is 10.6. The van der Waals surface area contributed by atoms with Crippen molar-refractivity contribution in [3.8, 4) is 0 Å². The van der Waals surface area contributed by atoms with E-state index >= 15 is 0 Å². The molecule has 0 fully saturated rings. The van der Waals surface area contributed by atoms with Gasteiger partial charge in [0.2, 0.25) is 0 Å². The monoisotopic (exact) mass is 1470 g/mol. The Kier molecular flexibility index (Phi) is 69.9. The van der Waals surface area contributed by atoms with Gasteiger partial charge in [0.05, 0.1) is 26.4 Å². The molecule has 0 amide bonds. The lowest BCUT2D eigenvalue weighted by molar-refractivity contribution is -0.161. The molecule has 0 aliphatic carbocycles. The van der Waals surface area contributed by atoms with Gasteiger partial charge in [-0.3, -0.25) is 37.3 Å². The van der Waals surface area contributed by atoms with Crippen LogP contribution in [-0.2, 0) is 65.4 Å². The first-order valence-corrected chi connectivity index (χ1v) is 44.8. The van der Waals surface area contributed by atoms with Crippen LogP contribution >= 0.6 is 15.6 Å². The Hall–Kier alpha value is -1.94. The van der Waals surface area contributed by atoms with Crippen molar-refractivity contribution in [2.24, 2.45) is 17.8 Å². The molecule has 594 valence electrons. The largest absolute Gasteiger partial charge is 0.472 e. The summed E-state index contributed by atoms with van der Waals surface area (Å²) in [6, 6.07) is 0. The number of aliphatic hydroxyl groups is 1. The lowest BCUT2D eigenvalue weighted by Gasteiger charge is -2.21. The standard InChI is InChI=1S/C81H158O17P2/c1-8-9-10-11-12-13-14-15-20-24-27-34-41-48-55-62-78(83)91-68-76(97-80(85)64-57-50-43-35-28-25-22-19-17-16-18-21-23-26-31-38-45-52-59-72(2)3)70-95-99(87,88)93-66-75(82)67-94-100(89,90)96-71-77(98-81(86)65-58-51-44-37-30-33-40-47-54-61-74(6)7)69-92-79(84)63-56-49-42-36-29-32-39-46-53-60-73(4)5/h72-77,82H,8-71H2,1-7H3,(H,87,88)(H,89,90)/t75-,76-,77-/m1/s1. The highest BCUT2D eigenvalue weighted by Gasteiger charge is 2.30. The summed E-state index contributed by atoms with van der Waals surface area (Å²) in [5.74, 6) is 0.189. The van der Waals surface area contributed by atoms with Crippen molar-refractivity contribution in [2.45, 2.75) is 439 Å².